The quantitative estimate of drug-likeness (QED) is 0.642. The Morgan fingerprint density at radius 2 is 1.83 bits per heavy atom. The Kier molecular flexibility index (Phi) is 3.52. The molecule has 7 heteroatoms. The molecule has 1 aromatic carbocycles. The molecule has 1 saturated carbocycles. The first-order chi connectivity index (χ1) is 14.1. The summed E-state index contributed by atoms with van der Waals surface area (Å²) in [5, 5.41) is 0. The number of nitrogens with one attached hydrogen (secondary N) is 1. The average molecular weight is 390 g/mol. The number of H-pyrrole nitrogens is 1. The van der Waals surface area contributed by atoms with Gasteiger partial charge in [-0.2, -0.15) is 0 Å². The SMILES string of the molecule is O=C1C2C3C=CC(C3)C2C(=O)N1CC(=O)N1CCCC1c1nc2ccccc2[nH]1. The number of allylic oxidation sites excluding steroid dienone is 2. The van der Waals surface area contributed by atoms with Crippen LogP contribution in [-0.2, 0) is 14.4 Å². The molecule has 3 amide bonds. The van der Waals surface area contributed by atoms with Crippen LogP contribution in [0.25, 0.3) is 11.0 Å². The van der Waals surface area contributed by atoms with Crippen molar-refractivity contribution in [2.24, 2.45) is 23.7 Å². The van der Waals surface area contributed by atoms with Crippen molar-refractivity contribution in [3.05, 3.63) is 42.2 Å². The van der Waals surface area contributed by atoms with Gasteiger partial charge < -0.3 is 9.88 Å². The van der Waals surface area contributed by atoms with Gasteiger partial charge in [-0.25, -0.2) is 4.98 Å². The Morgan fingerprint density at radius 1 is 1.10 bits per heavy atom. The molecule has 2 aliphatic heterocycles. The van der Waals surface area contributed by atoms with Crippen LogP contribution >= 0.6 is 0 Å². The van der Waals surface area contributed by atoms with Crippen molar-refractivity contribution < 1.29 is 14.4 Å². The molecule has 0 radical (unpaired) electrons. The lowest BCUT2D eigenvalue weighted by atomic mass is 9.85. The Hall–Kier alpha value is -2.96. The largest absolute Gasteiger partial charge is 0.340 e. The third-order valence-corrected chi connectivity index (χ3v) is 7.15. The minimum absolute atomic E-state index is 0.139. The summed E-state index contributed by atoms with van der Waals surface area (Å²) in [6, 6.07) is 7.66. The van der Waals surface area contributed by atoms with Crippen molar-refractivity contribution in [3.63, 3.8) is 0 Å². The maximum atomic E-state index is 13.1. The Morgan fingerprint density at radius 3 is 2.55 bits per heavy atom. The second kappa shape index (κ2) is 6.02. The maximum absolute atomic E-state index is 13.1. The van der Waals surface area contributed by atoms with E-state index in [2.05, 4.69) is 22.1 Å². The molecule has 2 saturated heterocycles. The number of carbonyl (C=O) groups is 3. The number of para-hydroxylation sites is 2. The van der Waals surface area contributed by atoms with Gasteiger partial charge in [0.05, 0.1) is 28.9 Å². The second-order valence-electron chi connectivity index (χ2n) is 8.65. The van der Waals surface area contributed by atoms with E-state index in [4.69, 9.17) is 0 Å². The topological polar surface area (TPSA) is 86.4 Å². The number of fused-ring (bicyclic) bond motifs is 6. The van der Waals surface area contributed by atoms with Crippen molar-refractivity contribution in [3.8, 4) is 0 Å². The highest BCUT2D eigenvalue weighted by atomic mass is 16.2. The van der Waals surface area contributed by atoms with Gasteiger partial charge in [0, 0.05) is 6.54 Å². The van der Waals surface area contributed by atoms with Gasteiger partial charge in [0.15, 0.2) is 0 Å². The fourth-order valence-electron chi connectivity index (χ4n) is 5.83. The standard InChI is InChI=1S/C22H22N4O3/c27-17(11-26-21(28)18-12-7-8-13(10-12)19(18)22(26)29)25-9-3-6-16(25)20-23-14-4-1-2-5-15(14)24-20/h1-2,4-5,7-8,12-13,16,18-19H,3,6,9-11H2,(H,23,24). The van der Waals surface area contributed by atoms with E-state index < -0.39 is 0 Å². The molecule has 1 aromatic heterocycles. The van der Waals surface area contributed by atoms with Gasteiger partial charge in [0.25, 0.3) is 0 Å². The number of aromatic amines is 1. The average Bonchev–Trinajstić information content (AvgIpc) is 3.52. The van der Waals surface area contributed by atoms with Crippen molar-refractivity contribution in [1.82, 2.24) is 19.8 Å². The van der Waals surface area contributed by atoms with Crippen LogP contribution in [-0.4, -0.2) is 50.6 Å². The molecule has 0 spiro atoms. The third kappa shape index (κ3) is 2.36. The number of imidazole rings is 1. The summed E-state index contributed by atoms with van der Waals surface area (Å²) in [5.41, 5.74) is 1.82. The summed E-state index contributed by atoms with van der Waals surface area (Å²) >= 11 is 0. The van der Waals surface area contributed by atoms with Crippen LogP contribution in [0.2, 0.25) is 0 Å². The van der Waals surface area contributed by atoms with Gasteiger partial charge in [0.2, 0.25) is 17.7 Å². The first kappa shape index (κ1) is 16.9. The van der Waals surface area contributed by atoms with E-state index in [1.165, 1.54) is 4.90 Å². The van der Waals surface area contributed by atoms with Gasteiger partial charge >= 0.3 is 0 Å². The number of carbonyl (C=O) groups excluding carboxylic acids is 3. The maximum Gasteiger partial charge on any atom is 0.243 e. The zero-order valence-electron chi connectivity index (χ0n) is 16.0. The highest BCUT2D eigenvalue weighted by Crippen LogP contribution is 2.52. The van der Waals surface area contributed by atoms with Crippen molar-refractivity contribution in [1.29, 1.82) is 0 Å². The highest BCUT2D eigenvalue weighted by Gasteiger charge is 2.59. The smallest absolute Gasteiger partial charge is 0.243 e. The molecular weight excluding hydrogens is 368 g/mol. The molecule has 6 rings (SSSR count). The van der Waals surface area contributed by atoms with E-state index in [0.29, 0.717) is 6.54 Å². The van der Waals surface area contributed by atoms with Gasteiger partial charge in [-0.1, -0.05) is 24.3 Å². The molecule has 1 N–H and O–H groups in total. The van der Waals surface area contributed by atoms with Crippen LogP contribution in [0.1, 0.15) is 31.1 Å². The summed E-state index contributed by atoms with van der Waals surface area (Å²) < 4.78 is 0. The van der Waals surface area contributed by atoms with E-state index in [-0.39, 0.29) is 54.0 Å². The molecule has 29 heavy (non-hydrogen) atoms. The van der Waals surface area contributed by atoms with Crippen molar-refractivity contribution >= 4 is 28.8 Å². The normalized spacial score (nSPS) is 32.8. The summed E-state index contributed by atoms with van der Waals surface area (Å²) in [7, 11) is 0. The second-order valence-corrected chi connectivity index (χ2v) is 8.65. The number of likely N-dealkylation sites (tertiary alicyclic amines) is 2. The van der Waals surface area contributed by atoms with Crippen LogP contribution in [0.4, 0.5) is 0 Å². The number of nitrogens with zero attached hydrogens (tertiary/aromatic N) is 3. The number of amides is 3. The lowest BCUT2D eigenvalue weighted by Gasteiger charge is -2.26. The summed E-state index contributed by atoms with van der Waals surface area (Å²) in [5.74, 6) is 0.0953. The summed E-state index contributed by atoms with van der Waals surface area (Å²) in [6.45, 7) is 0.470. The number of hydrogen-bond acceptors (Lipinski definition) is 4. The predicted octanol–water partition coefficient (Wildman–Crippen LogP) is 2.03. The Labute approximate surface area is 167 Å². The molecule has 2 bridgehead atoms. The summed E-state index contributed by atoms with van der Waals surface area (Å²) in [4.78, 5) is 49.9. The monoisotopic (exact) mass is 390 g/mol. The van der Waals surface area contributed by atoms with Crippen LogP contribution in [0, 0.1) is 23.7 Å². The van der Waals surface area contributed by atoms with Crippen molar-refractivity contribution in [2.45, 2.75) is 25.3 Å². The highest BCUT2D eigenvalue weighted by molar-refractivity contribution is 6.08. The van der Waals surface area contributed by atoms with Crippen LogP contribution < -0.4 is 0 Å². The van der Waals surface area contributed by atoms with Gasteiger partial charge in [-0.15, -0.1) is 0 Å². The zero-order chi connectivity index (χ0) is 19.7. The molecule has 3 heterocycles. The molecule has 148 valence electrons. The fourth-order valence-corrected chi connectivity index (χ4v) is 5.83. The first-order valence-corrected chi connectivity index (χ1v) is 10.4. The van der Waals surface area contributed by atoms with E-state index >= 15 is 0 Å². The molecular formula is C22H22N4O3. The van der Waals surface area contributed by atoms with Crippen LogP contribution in [0.5, 0.6) is 0 Å². The van der Waals surface area contributed by atoms with Crippen LogP contribution in [0.3, 0.4) is 0 Å². The number of imide groups is 1. The first-order valence-electron chi connectivity index (χ1n) is 10.4. The summed E-state index contributed by atoms with van der Waals surface area (Å²) in [6.07, 6.45) is 6.75. The number of benzene rings is 1. The van der Waals surface area contributed by atoms with Crippen molar-refractivity contribution in [2.75, 3.05) is 13.1 Å². The number of rotatable bonds is 3. The molecule has 3 fully saturated rings. The van der Waals surface area contributed by atoms with Gasteiger partial charge in [0.1, 0.15) is 12.4 Å². The minimum atomic E-state index is -0.255. The van der Waals surface area contributed by atoms with E-state index in [1.54, 1.807) is 4.90 Å². The Bertz CT molecular complexity index is 1010. The predicted molar refractivity (Wildman–Crippen MR) is 104 cm³/mol. The van der Waals surface area contributed by atoms with E-state index in [9.17, 15) is 14.4 Å². The van der Waals surface area contributed by atoms with Gasteiger partial charge in [-0.3, -0.25) is 19.3 Å². The number of aromatic nitrogens is 2. The van der Waals surface area contributed by atoms with Crippen LogP contribution in [0.15, 0.2) is 36.4 Å². The lowest BCUT2D eigenvalue weighted by Crippen LogP contribution is -2.43. The zero-order valence-corrected chi connectivity index (χ0v) is 16.0. The fraction of sp³-hybridized carbons (Fsp3) is 0.455. The molecule has 5 atom stereocenters. The third-order valence-electron chi connectivity index (χ3n) is 7.15. The molecule has 5 unspecified atom stereocenters. The van der Waals surface area contributed by atoms with E-state index in [1.807, 2.05) is 24.3 Å². The Balaban J connectivity index is 1.22. The molecule has 2 aliphatic carbocycles. The molecule has 7 nitrogen and oxygen atoms in total. The molecule has 4 aliphatic rings. The molecule has 2 aromatic rings. The lowest BCUT2D eigenvalue weighted by molar-refractivity contribution is -0.147. The number of hydrogen-bond donors (Lipinski definition) is 1. The minimum Gasteiger partial charge on any atom is -0.340 e. The van der Waals surface area contributed by atoms with Gasteiger partial charge in [-0.05, 0) is 43.2 Å². The van der Waals surface area contributed by atoms with E-state index in [0.717, 1.165) is 36.1 Å².